The van der Waals surface area contributed by atoms with Crippen LogP contribution in [0.1, 0.15) is 97.8 Å². The summed E-state index contributed by atoms with van der Waals surface area (Å²) < 4.78 is 0. The zero-order valence-electron chi connectivity index (χ0n) is 18.3. The Bertz CT molecular complexity index is 914. The molecule has 3 N–H and O–H groups in total. The molecule has 3 aromatic heterocycles. The zero-order valence-corrected chi connectivity index (χ0v) is 18.3. The molecule has 3 aromatic rings. The fraction of sp³-hybridized carbons (Fsp3) is 0.591. The first-order valence-corrected chi connectivity index (χ1v) is 10.4. The average Bonchev–Trinajstić information content (AvgIpc) is 3.32. The topological polar surface area (TPSA) is 86.0 Å². The number of H-pyrrole nitrogens is 3. The van der Waals surface area contributed by atoms with Gasteiger partial charge in [-0.25, -0.2) is 15.0 Å². The molecular weight excluding hydrogens is 348 g/mol. The van der Waals surface area contributed by atoms with E-state index in [1.54, 1.807) is 0 Å². The molecule has 0 amide bonds. The number of nitrogens with zero attached hydrogens (tertiary/aromatic N) is 3. The van der Waals surface area contributed by atoms with Gasteiger partial charge in [-0.15, -0.1) is 0 Å². The van der Waals surface area contributed by atoms with Gasteiger partial charge >= 0.3 is 0 Å². The van der Waals surface area contributed by atoms with Gasteiger partial charge in [-0.05, 0) is 33.6 Å². The normalized spacial score (nSPS) is 14.0. The molecule has 3 heterocycles. The third-order valence-electron chi connectivity index (χ3n) is 5.53. The number of hydrogen-bond acceptors (Lipinski definition) is 3. The first-order chi connectivity index (χ1) is 13.2. The predicted molar refractivity (Wildman–Crippen MR) is 113 cm³/mol. The third kappa shape index (κ3) is 4.54. The number of nitrogens with one attached hydrogen (secondary N) is 3. The number of aromatic amines is 3. The monoisotopic (exact) mass is 382 g/mol. The highest BCUT2D eigenvalue weighted by Gasteiger charge is 2.18. The van der Waals surface area contributed by atoms with Crippen LogP contribution < -0.4 is 0 Å². The minimum Gasteiger partial charge on any atom is -0.348 e. The molecule has 6 nitrogen and oxygen atoms in total. The van der Waals surface area contributed by atoms with Crippen molar-refractivity contribution >= 4 is 0 Å². The molecule has 28 heavy (non-hydrogen) atoms. The standard InChI is InChI=1S/C22H34N6/c1-12(2)20-25-16(6)18(27-20)9-8-13(3)22-26-17(7)19(28-22)10-14(4)21-23-11-15(5)24-21/h11-14H,8-10H2,1-7H3,(H,23,24)(H,25,27)(H,26,28). The Morgan fingerprint density at radius 1 is 0.786 bits per heavy atom. The summed E-state index contributed by atoms with van der Waals surface area (Å²) in [5, 5.41) is 0. The van der Waals surface area contributed by atoms with Crippen LogP contribution in [0.4, 0.5) is 0 Å². The van der Waals surface area contributed by atoms with E-state index >= 15 is 0 Å². The minimum absolute atomic E-state index is 0.319. The molecule has 2 atom stereocenters. The molecule has 152 valence electrons. The molecular formula is C22H34N6. The average molecular weight is 383 g/mol. The fourth-order valence-corrected chi connectivity index (χ4v) is 3.55. The first-order valence-electron chi connectivity index (χ1n) is 10.4. The summed E-state index contributed by atoms with van der Waals surface area (Å²) in [7, 11) is 0. The largest absolute Gasteiger partial charge is 0.348 e. The molecule has 3 rings (SSSR count). The van der Waals surface area contributed by atoms with Crippen LogP contribution in [0.5, 0.6) is 0 Å². The Morgan fingerprint density at radius 2 is 1.43 bits per heavy atom. The molecule has 0 bridgehead atoms. The highest BCUT2D eigenvalue weighted by molar-refractivity contribution is 5.19. The van der Waals surface area contributed by atoms with E-state index in [9.17, 15) is 0 Å². The molecule has 0 fully saturated rings. The van der Waals surface area contributed by atoms with Crippen LogP contribution in [0.2, 0.25) is 0 Å². The molecule has 0 spiro atoms. The molecule has 0 aliphatic rings. The number of imidazole rings is 3. The maximum atomic E-state index is 4.92. The molecule has 6 heteroatoms. The van der Waals surface area contributed by atoms with E-state index < -0.39 is 0 Å². The maximum Gasteiger partial charge on any atom is 0.109 e. The summed E-state index contributed by atoms with van der Waals surface area (Å²) in [5.74, 6) is 4.31. The van der Waals surface area contributed by atoms with Crippen molar-refractivity contribution in [3.63, 3.8) is 0 Å². The van der Waals surface area contributed by atoms with Crippen molar-refractivity contribution in [2.75, 3.05) is 0 Å². The van der Waals surface area contributed by atoms with Crippen LogP contribution in [0.3, 0.4) is 0 Å². The lowest BCUT2D eigenvalue weighted by Gasteiger charge is -2.08. The van der Waals surface area contributed by atoms with Gasteiger partial charge in [0.05, 0.1) is 17.1 Å². The lowest BCUT2D eigenvalue weighted by atomic mass is 10.0. The SMILES string of the molecule is Cc1c[nH]c(C(C)Cc2nc(C(C)CCc3nc(C(C)C)[nH]c3C)[nH]c2C)n1. The molecule has 0 radical (unpaired) electrons. The van der Waals surface area contributed by atoms with Gasteiger partial charge in [0.15, 0.2) is 0 Å². The summed E-state index contributed by atoms with van der Waals surface area (Å²) in [5.41, 5.74) is 5.70. The van der Waals surface area contributed by atoms with Gasteiger partial charge in [-0.3, -0.25) is 0 Å². The van der Waals surface area contributed by atoms with Gasteiger partial charge in [0.25, 0.3) is 0 Å². The Hall–Kier alpha value is -2.37. The van der Waals surface area contributed by atoms with Crippen molar-refractivity contribution in [3.05, 3.63) is 52.1 Å². The van der Waals surface area contributed by atoms with E-state index in [2.05, 4.69) is 61.5 Å². The quantitative estimate of drug-likeness (QED) is 0.513. The molecule has 0 aliphatic heterocycles. The van der Waals surface area contributed by atoms with E-state index in [1.165, 1.54) is 11.4 Å². The van der Waals surface area contributed by atoms with Gasteiger partial charge in [-0.2, -0.15) is 0 Å². The second-order valence-corrected chi connectivity index (χ2v) is 8.51. The molecule has 0 aromatic carbocycles. The summed E-state index contributed by atoms with van der Waals surface area (Å²) in [4.78, 5) is 24.5. The number of aromatic nitrogens is 6. The van der Waals surface area contributed by atoms with Crippen LogP contribution >= 0.6 is 0 Å². The second kappa shape index (κ2) is 8.33. The van der Waals surface area contributed by atoms with Crippen LogP contribution in [-0.2, 0) is 12.8 Å². The van der Waals surface area contributed by atoms with E-state index in [0.717, 1.165) is 53.8 Å². The molecule has 2 unspecified atom stereocenters. The smallest absolute Gasteiger partial charge is 0.109 e. The molecule has 0 aliphatic carbocycles. The molecule has 0 saturated heterocycles. The van der Waals surface area contributed by atoms with Crippen molar-refractivity contribution in [2.45, 2.75) is 85.5 Å². The number of hydrogen-bond donors (Lipinski definition) is 3. The first kappa shape index (κ1) is 20.4. The third-order valence-corrected chi connectivity index (χ3v) is 5.53. The van der Waals surface area contributed by atoms with Crippen LogP contribution in [0.15, 0.2) is 6.20 Å². The lowest BCUT2D eigenvalue weighted by Crippen LogP contribution is -2.03. The second-order valence-electron chi connectivity index (χ2n) is 8.51. The van der Waals surface area contributed by atoms with E-state index in [0.29, 0.717) is 17.8 Å². The highest BCUT2D eigenvalue weighted by Crippen LogP contribution is 2.24. The summed E-state index contributed by atoms with van der Waals surface area (Å²) in [6.45, 7) is 15.0. The minimum atomic E-state index is 0.319. The Labute approximate surface area is 168 Å². The van der Waals surface area contributed by atoms with Gasteiger partial charge in [0.2, 0.25) is 0 Å². The summed E-state index contributed by atoms with van der Waals surface area (Å²) in [6, 6.07) is 0. The summed E-state index contributed by atoms with van der Waals surface area (Å²) in [6.07, 6.45) is 4.84. The van der Waals surface area contributed by atoms with E-state index in [4.69, 9.17) is 9.97 Å². The van der Waals surface area contributed by atoms with Crippen LogP contribution in [0, 0.1) is 20.8 Å². The number of aryl methyl sites for hydroxylation is 4. The fourth-order valence-electron chi connectivity index (χ4n) is 3.55. The maximum absolute atomic E-state index is 4.92. The Balaban J connectivity index is 1.63. The van der Waals surface area contributed by atoms with E-state index in [1.807, 2.05) is 13.1 Å². The van der Waals surface area contributed by atoms with Gasteiger partial charge in [0, 0.05) is 41.8 Å². The van der Waals surface area contributed by atoms with E-state index in [-0.39, 0.29) is 0 Å². The van der Waals surface area contributed by atoms with Crippen LogP contribution in [-0.4, -0.2) is 29.9 Å². The lowest BCUT2D eigenvalue weighted by molar-refractivity contribution is 0.632. The summed E-state index contributed by atoms with van der Waals surface area (Å²) >= 11 is 0. The Kier molecular flexibility index (Phi) is 6.06. The molecule has 0 saturated carbocycles. The van der Waals surface area contributed by atoms with Crippen molar-refractivity contribution in [3.8, 4) is 0 Å². The van der Waals surface area contributed by atoms with Gasteiger partial charge in [-0.1, -0.05) is 27.7 Å². The predicted octanol–water partition coefficient (Wildman–Crippen LogP) is 4.99. The zero-order chi connectivity index (χ0) is 20.4. The van der Waals surface area contributed by atoms with Crippen molar-refractivity contribution in [2.24, 2.45) is 0 Å². The number of rotatable bonds is 8. The van der Waals surface area contributed by atoms with Gasteiger partial charge < -0.3 is 15.0 Å². The van der Waals surface area contributed by atoms with Crippen molar-refractivity contribution in [1.29, 1.82) is 0 Å². The van der Waals surface area contributed by atoms with Crippen molar-refractivity contribution < 1.29 is 0 Å². The van der Waals surface area contributed by atoms with Crippen LogP contribution in [0.25, 0.3) is 0 Å². The van der Waals surface area contributed by atoms with Gasteiger partial charge in [0.1, 0.15) is 17.5 Å². The van der Waals surface area contributed by atoms with Crippen molar-refractivity contribution in [1.82, 2.24) is 29.9 Å². The highest BCUT2D eigenvalue weighted by atomic mass is 15.0. The Morgan fingerprint density at radius 3 is 2.04 bits per heavy atom.